The van der Waals surface area contributed by atoms with Gasteiger partial charge in [0.25, 0.3) is 0 Å². The number of hydrogen-bond acceptors (Lipinski definition) is 0. The molecule has 2 aromatic rings. The molecule has 2 rings (SSSR count). The van der Waals surface area contributed by atoms with E-state index in [1.165, 1.54) is 0 Å². The van der Waals surface area contributed by atoms with Crippen molar-refractivity contribution in [1.82, 2.24) is 0 Å². The van der Waals surface area contributed by atoms with Gasteiger partial charge in [0.15, 0.2) is 0 Å². The Kier molecular flexibility index (Phi) is 7.84. The zero-order chi connectivity index (χ0) is 10.2. The van der Waals surface area contributed by atoms with E-state index in [1.54, 1.807) is 0 Å². The van der Waals surface area contributed by atoms with Gasteiger partial charge >= 0.3 is 0 Å². The van der Waals surface area contributed by atoms with Gasteiger partial charge in [-0.05, 0) is 0 Å². The molecule has 0 spiro atoms. The van der Waals surface area contributed by atoms with Gasteiger partial charge in [0.05, 0.1) is 0 Å². The summed E-state index contributed by atoms with van der Waals surface area (Å²) in [4.78, 5) is 0. The van der Waals surface area contributed by atoms with Gasteiger partial charge in [-0.2, -0.15) is 49.2 Å². The van der Waals surface area contributed by atoms with Crippen molar-refractivity contribution in [2.75, 3.05) is 0 Å². The first-order chi connectivity index (χ1) is 6.79. The minimum absolute atomic E-state index is 0. The molecule has 0 aliphatic heterocycles. The molecule has 0 nitrogen and oxygen atoms in total. The van der Waals surface area contributed by atoms with Crippen LogP contribution in [-0.4, -0.2) is 0 Å². The van der Waals surface area contributed by atoms with Crippen LogP contribution in [0.25, 0.3) is 0 Å². The van der Waals surface area contributed by atoms with Crippen molar-refractivity contribution in [1.29, 1.82) is 0 Å². The molecule has 0 saturated heterocycles. The molecule has 0 radical (unpaired) electrons. The second kappa shape index (κ2) is 8.37. The molecular weight excluding hydrogens is 347 g/mol. The molecule has 0 aromatic heterocycles. The molecule has 1 heteroatoms. The van der Waals surface area contributed by atoms with E-state index in [0.717, 1.165) is 11.1 Å². The van der Waals surface area contributed by atoms with Gasteiger partial charge in [-0.1, -0.05) is 12.1 Å². The first-order valence-electron chi connectivity index (χ1n) is 4.53. The Morgan fingerprint density at radius 1 is 0.533 bits per heavy atom. The van der Waals surface area contributed by atoms with Gasteiger partial charge in [-0.25, -0.2) is 0 Å². The van der Waals surface area contributed by atoms with Crippen LogP contribution in [0.3, 0.4) is 0 Å². The van der Waals surface area contributed by atoms with Crippen LogP contribution in [0.1, 0.15) is 11.1 Å². The summed E-state index contributed by atoms with van der Waals surface area (Å²) in [5.74, 6) is 0. The summed E-state index contributed by atoms with van der Waals surface area (Å²) in [6, 6.07) is 19.7. The quantitative estimate of drug-likeness (QED) is 0.496. The second-order valence-corrected chi connectivity index (χ2v) is 2.97. The summed E-state index contributed by atoms with van der Waals surface area (Å²) in [7, 11) is 0. The third-order valence-corrected chi connectivity index (χ3v) is 1.69. The van der Waals surface area contributed by atoms with Crippen molar-refractivity contribution in [2.24, 2.45) is 0 Å². The molecular formula is C14H14Hf-2. The molecule has 0 atom stereocenters. The molecule has 76 valence electrons. The van der Waals surface area contributed by atoms with E-state index in [4.69, 9.17) is 0 Å². The average molecular weight is 361 g/mol. The Morgan fingerprint density at radius 2 is 0.800 bits per heavy atom. The summed E-state index contributed by atoms with van der Waals surface area (Å²) >= 11 is 0. The van der Waals surface area contributed by atoms with E-state index in [0.29, 0.717) is 0 Å². The zero-order valence-electron chi connectivity index (χ0n) is 8.69. The average Bonchev–Trinajstić information content (AvgIpc) is 2.21. The summed E-state index contributed by atoms with van der Waals surface area (Å²) in [5, 5.41) is 0. The molecule has 15 heavy (non-hydrogen) atoms. The van der Waals surface area contributed by atoms with E-state index < -0.39 is 0 Å². The first kappa shape index (κ1) is 14.1. The first-order valence-corrected chi connectivity index (χ1v) is 4.53. The van der Waals surface area contributed by atoms with E-state index in [9.17, 15) is 0 Å². The summed E-state index contributed by atoms with van der Waals surface area (Å²) in [5.41, 5.74) is 2.14. The van der Waals surface area contributed by atoms with Crippen molar-refractivity contribution in [2.45, 2.75) is 0 Å². The Balaban J connectivity index is 0.000000245. The predicted octanol–water partition coefficient (Wildman–Crippen LogP) is 3.74. The maximum atomic E-state index is 3.72. The van der Waals surface area contributed by atoms with E-state index in [-0.39, 0.29) is 25.8 Å². The Labute approximate surface area is 111 Å². The van der Waals surface area contributed by atoms with Crippen LogP contribution in [-0.2, 0) is 25.8 Å². The van der Waals surface area contributed by atoms with Crippen molar-refractivity contribution in [3.05, 3.63) is 85.6 Å². The standard InChI is InChI=1S/2C7H7.Hf/c2*1-7-5-3-2-4-6-7;/h2*2-6H,1H2;/q2*-1;. The van der Waals surface area contributed by atoms with Crippen molar-refractivity contribution >= 4 is 0 Å². The van der Waals surface area contributed by atoms with Gasteiger partial charge in [-0.15, -0.1) is 24.3 Å². The van der Waals surface area contributed by atoms with Crippen LogP contribution < -0.4 is 0 Å². The Bertz CT molecular complexity index is 303. The maximum absolute atomic E-state index is 3.72. The summed E-state index contributed by atoms with van der Waals surface area (Å²) < 4.78 is 0. The van der Waals surface area contributed by atoms with E-state index >= 15 is 0 Å². The number of rotatable bonds is 0. The molecule has 0 aliphatic carbocycles. The van der Waals surface area contributed by atoms with Crippen molar-refractivity contribution < 1.29 is 25.8 Å². The predicted molar refractivity (Wildman–Crippen MR) is 61.8 cm³/mol. The van der Waals surface area contributed by atoms with Gasteiger partial charge < -0.3 is 0 Å². The summed E-state index contributed by atoms with van der Waals surface area (Å²) in [6.45, 7) is 7.44. The molecule has 0 saturated carbocycles. The molecule has 0 heterocycles. The fourth-order valence-corrected chi connectivity index (χ4v) is 0.956. The van der Waals surface area contributed by atoms with E-state index in [2.05, 4.69) is 13.8 Å². The Hall–Kier alpha value is -0.950. The Morgan fingerprint density at radius 3 is 0.933 bits per heavy atom. The normalized spacial score (nSPS) is 8.00. The topological polar surface area (TPSA) is 0 Å². The zero-order valence-corrected chi connectivity index (χ0v) is 12.3. The van der Waals surface area contributed by atoms with Gasteiger partial charge in [-0.3, -0.25) is 0 Å². The van der Waals surface area contributed by atoms with Crippen molar-refractivity contribution in [3.8, 4) is 0 Å². The fourth-order valence-electron chi connectivity index (χ4n) is 0.956. The molecule has 0 bridgehead atoms. The number of benzene rings is 2. The monoisotopic (exact) mass is 362 g/mol. The largest absolute Gasteiger partial charge is 0.199 e. The molecule has 0 aliphatic rings. The third kappa shape index (κ3) is 7.04. The van der Waals surface area contributed by atoms with Gasteiger partial charge in [0, 0.05) is 25.8 Å². The van der Waals surface area contributed by atoms with Crippen LogP contribution in [0.2, 0.25) is 0 Å². The van der Waals surface area contributed by atoms with Crippen LogP contribution in [0.15, 0.2) is 60.7 Å². The van der Waals surface area contributed by atoms with Crippen LogP contribution in [0, 0.1) is 13.8 Å². The second-order valence-electron chi connectivity index (χ2n) is 2.97. The fraction of sp³-hybridized carbons (Fsp3) is 0. The minimum Gasteiger partial charge on any atom is -0.199 e. The van der Waals surface area contributed by atoms with Crippen LogP contribution >= 0.6 is 0 Å². The maximum Gasteiger partial charge on any atom is 0 e. The van der Waals surface area contributed by atoms with Gasteiger partial charge in [0.1, 0.15) is 0 Å². The molecule has 0 fully saturated rings. The van der Waals surface area contributed by atoms with Gasteiger partial charge in [0.2, 0.25) is 0 Å². The molecule has 2 aromatic carbocycles. The smallest absolute Gasteiger partial charge is 0 e. The SMILES string of the molecule is [CH2-]c1ccccc1.[CH2-]c1ccccc1.[Hf]. The molecule has 0 amide bonds. The van der Waals surface area contributed by atoms with Crippen LogP contribution in [0.5, 0.6) is 0 Å². The molecule has 0 N–H and O–H groups in total. The van der Waals surface area contributed by atoms with Crippen molar-refractivity contribution in [3.63, 3.8) is 0 Å². The summed E-state index contributed by atoms with van der Waals surface area (Å²) in [6.07, 6.45) is 0. The molecule has 0 unspecified atom stereocenters. The minimum atomic E-state index is 0. The number of hydrogen-bond donors (Lipinski definition) is 0. The van der Waals surface area contributed by atoms with Crippen LogP contribution in [0.4, 0.5) is 0 Å². The van der Waals surface area contributed by atoms with E-state index in [1.807, 2.05) is 60.7 Å². The third-order valence-electron chi connectivity index (χ3n) is 1.69.